The van der Waals surface area contributed by atoms with Crippen LogP contribution >= 0.6 is 0 Å². The van der Waals surface area contributed by atoms with Gasteiger partial charge < -0.3 is 18.2 Å². The fraction of sp³-hybridized carbons (Fsp3) is 0.800. The van der Waals surface area contributed by atoms with Gasteiger partial charge in [0.15, 0.2) is 0 Å². The number of carbonyl (C=O) groups is 1. The van der Waals surface area contributed by atoms with Crippen molar-refractivity contribution in [2.24, 2.45) is 5.92 Å². The molecule has 0 aliphatic rings. The Morgan fingerprint density at radius 3 is 1.90 bits per heavy atom. The maximum Gasteiger partial charge on any atom is 2.00 e. The Balaban J connectivity index is -0.000000107. The van der Waals surface area contributed by atoms with Crippen molar-refractivity contribution in [1.82, 2.24) is 0 Å². The summed E-state index contributed by atoms with van der Waals surface area (Å²) in [6.07, 6.45) is -0.174. The summed E-state index contributed by atoms with van der Waals surface area (Å²) in [4.78, 5) is 9.91. The summed E-state index contributed by atoms with van der Waals surface area (Å²) in [5.74, 6) is -1.51. The van der Waals surface area contributed by atoms with Gasteiger partial charge in [0.05, 0.1) is 6.42 Å². The zero-order chi connectivity index (χ0) is 7.28. The monoisotopic (exact) mass is 176 g/mol. The van der Waals surface area contributed by atoms with E-state index >= 15 is 0 Å². The Kier molecular flexibility index (Phi) is 10.3. The van der Waals surface area contributed by atoms with E-state index in [9.17, 15) is 4.79 Å². The fourth-order valence-corrected chi connectivity index (χ4v) is 0.434. The predicted molar refractivity (Wildman–Crippen MR) is 37.9 cm³/mol. The fourth-order valence-electron chi connectivity index (χ4n) is 0.434. The number of rotatable bonds is 4. The maximum atomic E-state index is 9.91. The van der Waals surface area contributed by atoms with Gasteiger partial charge in [-0.3, -0.25) is 4.79 Å². The van der Waals surface area contributed by atoms with Gasteiger partial charge in [0.25, 0.3) is 0 Å². The van der Waals surface area contributed by atoms with Crippen molar-refractivity contribution in [3.63, 3.8) is 0 Å². The molecule has 10 heavy (non-hydrogen) atoms. The number of carboxylic acid groups (broad SMARTS) is 1. The van der Waals surface area contributed by atoms with E-state index in [-0.39, 0.29) is 60.2 Å². The van der Waals surface area contributed by atoms with Crippen molar-refractivity contribution in [2.45, 2.75) is 6.42 Å². The second-order valence-corrected chi connectivity index (χ2v) is 1.83. The van der Waals surface area contributed by atoms with Crippen LogP contribution in [0.4, 0.5) is 0 Å². The summed E-state index contributed by atoms with van der Waals surface area (Å²) < 4.78 is 0. The molecule has 0 heterocycles. The van der Waals surface area contributed by atoms with Gasteiger partial charge in [-0.2, -0.15) is 0 Å². The summed E-state index contributed by atoms with van der Waals surface area (Å²) in [5.41, 5.74) is 0. The molecule has 0 aliphatic heterocycles. The van der Waals surface area contributed by atoms with E-state index in [4.69, 9.17) is 15.3 Å². The number of hydrogen-bond donors (Lipinski definition) is 3. The zero-order valence-corrected chi connectivity index (χ0v) is 7.86. The molecule has 0 fully saturated rings. The molecule has 0 aromatic carbocycles. The molecule has 0 spiro atoms. The normalized spacial score (nSPS) is 9.10. The van der Waals surface area contributed by atoms with E-state index in [0.29, 0.717) is 0 Å². The van der Waals surface area contributed by atoms with E-state index in [2.05, 4.69) is 0 Å². The van der Waals surface area contributed by atoms with Gasteiger partial charge in [-0.15, -0.1) is 0 Å². The third-order valence-corrected chi connectivity index (χ3v) is 0.980. The minimum Gasteiger partial charge on any atom is -1.00 e. The standard InChI is InChI=1S/C5H10O4.Ca.2H/c6-2-4(3-7)1-5(8)9;;;/h4,6-7H,1-3H2,(H,8,9);;;/q;+2;2*-1. The van der Waals surface area contributed by atoms with Crippen LogP contribution in [-0.2, 0) is 4.79 Å². The molecule has 0 aromatic heterocycles. The Morgan fingerprint density at radius 2 is 1.80 bits per heavy atom. The molecule has 0 saturated heterocycles. The average molecular weight is 176 g/mol. The van der Waals surface area contributed by atoms with Gasteiger partial charge in [-0.1, -0.05) is 0 Å². The molecule has 0 amide bonds. The third kappa shape index (κ3) is 6.77. The molecule has 0 bridgehead atoms. The number of aliphatic hydroxyl groups is 2. The Bertz CT molecular complexity index is 99.4. The molecule has 4 nitrogen and oxygen atoms in total. The molecule has 0 saturated carbocycles. The van der Waals surface area contributed by atoms with Gasteiger partial charge in [-0.05, 0) is 0 Å². The van der Waals surface area contributed by atoms with Crippen molar-refractivity contribution < 1.29 is 23.0 Å². The van der Waals surface area contributed by atoms with E-state index in [0.717, 1.165) is 0 Å². The zero-order valence-electron chi connectivity index (χ0n) is 7.66. The Hall–Kier alpha value is 0.650. The summed E-state index contributed by atoms with van der Waals surface area (Å²) >= 11 is 0. The van der Waals surface area contributed by atoms with E-state index < -0.39 is 11.9 Å². The van der Waals surface area contributed by atoms with Gasteiger partial charge in [-0.25, -0.2) is 0 Å². The summed E-state index contributed by atoms with van der Waals surface area (Å²) in [6, 6.07) is 0. The van der Waals surface area contributed by atoms with Crippen molar-refractivity contribution in [2.75, 3.05) is 13.2 Å². The quantitative estimate of drug-likeness (QED) is 0.475. The van der Waals surface area contributed by atoms with E-state index in [1.165, 1.54) is 0 Å². The minimum atomic E-state index is -0.997. The second kappa shape index (κ2) is 7.75. The first-order valence-electron chi connectivity index (χ1n) is 2.64. The van der Waals surface area contributed by atoms with Crippen LogP contribution in [0.1, 0.15) is 9.27 Å². The van der Waals surface area contributed by atoms with Crippen LogP contribution in [0, 0.1) is 5.92 Å². The molecule has 0 aromatic rings. The van der Waals surface area contributed by atoms with Crippen molar-refractivity contribution in [1.29, 1.82) is 0 Å². The molecule has 3 N–H and O–H groups in total. The van der Waals surface area contributed by atoms with E-state index in [1.807, 2.05) is 0 Å². The van der Waals surface area contributed by atoms with Gasteiger partial charge in [0.2, 0.25) is 0 Å². The summed E-state index contributed by atoms with van der Waals surface area (Å²) in [6.45, 7) is -0.550. The van der Waals surface area contributed by atoms with Crippen molar-refractivity contribution in [3.8, 4) is 0 Å². The summed E-state index contributed by atoms with van der Waals surface area (Å²) in [5, 5.41) is 24.8. The van der Waals surface area contributed by atoms with Gasteiger partial charge >= 0.3 is 43.7 Å². The van der Waals surface area contributed by atoms with Crippen LogP contribution in [0.5, 0.6) is 0 Å². The molecule has 0 radical (unpaired) electrons. The van der Waals surface area contributed by atoms with Crippen LogP contribution in [0.15, 0.2) is 0 Å². The van der Waals surface area contributed by atoms with E-state index in [1.54, 1.807) is 0 Å². The largest absolute Gasteiger partial charge is 2.00 e. The number of hydrogen-bond acceptors (Lipinski definition) is 3. The van der Waals surface area contributed by atoms with Gasteiger partial charge in [0, 0.05) is 19.1 Å². The van der Waals surface area contributed by atoms with Crippen LogP contribution in [0.2, 0.25) is 0 Å². The molecule has 0 aliphatic carbocycles. The minimum absolute atomic E-state index is 0. The van der Waals surface area contributed by atoms with Crippen LogP contribution in [-0.4, -0.2) is 72.2 Å². The second-order valence-electron chi connectivity index (χ2n) is 1.83. The molecular formula is C5H12CaO4. The maximum absolute atomic E-state index is 9.91. The van der Waals surface area contributed by atoms with Crippen LogP contribution in [0.25, 0.3) is 0 Å². The first-order chi connectivity index (χ1) is 4.20. The Morgan fingerprint density at radius 1 is 1.40 bits per heavy atom. The Labute approximate surface area is 91.8 Å². The third-order valence-electron chi connectivity index (χ3n) is 0.980. The summed E-state index contributed by atoms with van der Waals surface area (Å²) in [7, 11) is 0. The molecular weight excluding hydrogens is 164 g/mol. The first kappa shape index (κ1) is 13.3. The number of aliphatic carboxylic acids is 1. The van der Waals surface area contributed by atoms with Gasteiger partial charge in [0.1, 0.15) is 0 Å². The van der Waals surface area contributed by atoms with Crippen LogP contribution < -0.4 is 0 Å². The molecule has 0 rings (SSSR count). The first-order valence-corrected chi connectivity index (χ1v) is 2.64. The van der Waals surface area contributed by atoms with Crippen molar-refractivity contribution in [3.05, 3.63) is 0 Å². The number of carboxylic acids is 1. The molecule has 5 heteroatoms. The smallest absolute Gasteiger partial charge is 1.00 e. The van der Waals surface area contributed by atoms with Crippen LogP contribution in [0.3, 0.4) is 0 Å². The topological polar surface area (TPSA) is 77.8 Å². The SMILES string of the molecule is O=C(O)CC(CO)CO.[Ca+2].[H-].[H-]. The molecule has 0 atom stereocenters. The molecule has 58 valence electrons. The predicted octanol–water partition coefficient (Wildman–Crippen LogP) is -1.09. The van der Waals surface area contributed by atoms with Crippen molar-refractivity contribution >= 4 is 43.7 Å². The average Bonchev–Trinajstić information content (AvgIpc) is 1.82. The molecule has 0 unspecified atom stereocenters. The number of aliphatic hydroxyl groups excluding tert-OH is 2.